The molecule has 1 N–H and O–H groups in total. The number of ether oxygens (including phenoxy) is 1. The molecule has 1 aliphatic rings. The number of rotatable bonds is 6. The lowest BCUT2D eigenvalue weighted by Crippen LogP contribution is -2.06. The predicted octanol–water partition coefficient (Wildman–Crippen LogP) is 3.61. The number of halogens is 1. The Morgan fingerprint density at radius 2 is 2.04 bits per heavy atom. The summed E-state index contributed by atoms with van der Waals surface area (Å²) in [5.41, 5.74) is 3.64. The maximum Gasteiger partial charge on any atom is 0.258 e. The quantitative estimate of drug-likeness (QED) is 0.734. The highest BCUT2D eigenvalue weighted by molar-refractivity contribution is 5.88. The van der Waals surface area contributed by atoms with E-state index in [-0.39, 0.29) is 19.0 Å². The smallest absolute Gasteiger partial charge is 0.258 e. The van der Waals surface area contributed by atoms with Crippen molar-refractivity contribution in [1.29, 1.82) is 0 Å². The Morgan fingerprint density at radius 3 is 2.69 bits per heavy atom. The monoisotopic (exact) mass is 355 g/mol. The Hall–Kier alpha value is -2.47. The SMILES string of the molecule is Cc1c(CO)c2cnnc(OCc3ccc(F)cc3)c2n1CC1CC1C. The fourth-order valence-electron chi connectivity index (χ4n) is 3.52. The first-order valence-electron chi connectivity index (χ1n) is 8.90. The van der Waals surface area contributed by atoms with Crippen molar-refractivity contribution in [1.82, 2.24) is 14.8 Å². The van der Waals surface area contributed by atoms with Gasteiger partial charge in [-0.2, -0.15) is 5.10 Å². The molecule has 1 fully saturated rings. The fourth-order valence-corrected chi connectivity index (χ4v) is 3.52. The maximum atomic E-state index is 13.1. The predicted molar refractivity (Wildman–Crippen MR) is 96.2 cm³/mol. The molecule has 0 saturated heterocycles. The molecule has 0 bridgehead atoms. The van der Waals surface area contributed by atoms with Gasteiger partial charge in [0.2, 0.25) is 0 Å². The van der Waals surface area contributed by atoms with Crippen LogP contribution >= 0.6 is 0 Å². The second-order valence-electron chi connectivity index (χ2n) is 7.13. The third kappa shape index (κ3) is 3.05. The van der Waals surface area contributed by atoms with Gasteiger partial charge in [-0.05, 0) is 42.9 Å². The number of nitrogens with zero attached hydrogens (tertiary/aromatic N) is 3. The van der Waals surface area contributed by atoms with E-state index < -0.39 is 0 Å². The van der Waals surface area contributed by atoms with Crippen molar-refractivity contribution in [2.24, 2.45) is 11.8 Å². The topological polar surface area (TPSA) is 60.2 Å². The normalized spacial score (nSPS) is 19.1. The van der Waals surface area contributed by atoms with Gasteiger partial charge in [0.15, 0.2) is 0 Å². The zero-order valence-corrected chi connectivity index (χ0v) is 14.9. The summed E-state index contributed by atoms with van der Waals surface area (Å²) >= 11 is 0. The van der Waals surface area contributed by atoms with E-state index in [4.69, 9.17) is 4.74 Å². The van der Waals surface area contributed by atoms with Gasteiger partial charge in [-0.3, -0.25) is 0 Å². The van der Waals surface area contributed by atoms with Crippen LogP contribution in [0, 0.1) is 24.6 Å². The first-order valence-corrected chi connectivity index (χ1v) is 8.90. The van der Waals surface area contributed by atoms with Crippen LogP contribution in [-0.4, -0.2) is 19.9 Å². The molecule has 2 unspecified atom stereocenters. The highest BCUT2D eigenvalue weighted by Gasteiger charge is 2.34. The van der Waals surface area contributed by atoms with Crippen LogP contribution in [0.15, 0.2) is 30.5 Å². The number of hydrogen-bond acceptors (Lipinski definition) is 4. The summed E-state index contributed by atoms with van der Waals surface area (Å²) in [5.74, 6) is 1.55. The number of fused-ring (bicyclic) bond motifs is 1. The summed E-state index contributed by atoms with van der Waals surface area (Å²) in [6, 6.07) is 6.21. The number of hydrogen-bond donors (Lipinski definition) is 1. The van der Waals surface area contributed by atoms with Gasteiger partial charge in [-0.15, -0.1) is 5.10 Å². The molecule has 6 heteroatoms. The molecule has 2 atom stereocenters. The third-order valence-corrected chi connectivity index (χ3v) is 5.37. The number of aromatic nitrogens is 3. The zero-order valence-electron chi connectivity index (χ0n) is 14.9. The van der Waals surface area contributed by atoms with Crippen LogP contribution in [0.25, 0.3) is 10.9 Å². The minimum Gasteiger partial charge on any atom is -0.470 e. The first kappa shape index (κ1) is 17.0. The molecule has 4 rings (SSSR count). The molecular formula is C20H22FN3O2. The summed E-state index contributed by atoms with van der Waals surface area (Å²) in [5, 5.41) is 18.9. The standard InChI is InChI=1S/C20H22FN3O2/c1-12-7-15(12)9-24-13(2)18(10-25)17-8-22-23-20(19(17)24)26-11-14-3-5-16(21)6-4-14/h3-6,8,12,15,25H,7,9-11H2,1-2H3. The Labute approximate surface area is 151 Å². The summed E-state index contributed by atoms with van der Waals surface area (Å²) in [7, 11) is 0. The Balaban J connectivity index is 1.70. The molecule has 3 aromatic rings. The lowest BCUT2D eigenvalue weighted by Gasteiger charge is -2.11. The maximum absolute atomic E-state index is 13.1. The van der Waals surface area contributed by atoms with Gasteiger partial charge in [0.1, 0.15) is 17.9 Å². The van der Waals surface area contributed by atoms with Crippen molar-refractivity contribution in [3.63, 3.8) is 0 Å². The summed E-state index contributed by atoms with van der Waals surface area (Å²) in [6.45, 7) is 5.40. The van der Waals surface area contributed by atoms with Crippen molar-refractivity contribution in [3.05, 3.63) is 53.1 Å². The number of benzene rings is 1. The molecule has 136 valence electrons. The van der Waals surface area contributed by atoms with Crippen molar-refractivity contribution < 1.29 is 14.2 Å². The second kappa shape index (κ2) is 6.68. The van der Waals surface area contributed by atoms with E-state index in [2.05, 4.69) is 21.7 Å². The lowest BCUT2D eigenvalue weighted by atomic mass is 10.2. The number of aliphatic hydroxyl groups excluding tert-OH is 1. The molecular weight excluding hydrogens is 333 g/mol. The van der Waals surface area contributed by atoms with E-state index in [1.54, 1.807) is 18.3 Å². The van der Waals surface area contributed by atoms with Gasteiger partial charge in [0, 0.05) is 23.2 Å². The van der Waals surface area contributed by atoms with E-state index in [1.807, 2.05) is 6.92 Å². The molecule has 2 heterocycles. The lowest BCUT2D eigenvalue weighted by molar-refractivity contribution is 0.282. The largest absolute Gasteiger partial charge is 0.470 e. The molecule has 26 heavy (non-hydrogen) atoms. The van der Waals surface area contributed by atoms with Gasteiger partial charge < -0.3 is 14.4 Å². The second-order valence-corrected chi connectivity index (χ2v) is 7.13. The van der Waals surface area contributed by atoms with Gasteiger partial charge >= 0.3 is 0 Å². The Bertz CT molecular complexity index is 936. The summed E-state index contributed by atoms with van der Waals surface area (Å²) < 4.78 is 21.2. The van der Waals surface area contributed by atoms with Crippen LogP contribution in [0.1, 0.15) is 30.2 Å². The summed E-state index contributed by atoms with van der Waals surface area (Å²) in [6.07, 6.45) is 2.91. The van der Waals surface area contributed by atoms with E-state index >= 15 is 0 Å². The van der Waals surface area contributed by atoms with Gasteiger partial charge in [-0.1, -0.05) is 19.1 Å². The minimum absolute atomic E-state index is 0.0430. The Kier molecular flexibility index (Phi) is 4.36. The molecule has 0 amide bonds. The van der Waals surface area contributed by atoms with E-state index in [0.717, 1.165) is 40.2 Å². The van der Waals surface area contributed by atoms with E-state index in [1.165, 1.54) is 18.6 Å². The molecule has 1 aromatic carbocycles. The van der Waals surface area contributed by atoms with E-state index in [9.17, 15) is 9.50 Å². The van der Waals surface area contributed by atoms with Crippen LogP contribution < -0.4 is 4.74 Å². The highest BCUT2D eigenvalue weighted by Crippen LogP contribution is 2.41. The van der Waals surface area contributed by atoms with Crippen molar-refractivity contribution in [2.75, 3.05) is 0 Å². The highest BCUT2D eigenvalue weighted by atomic mass is 19.1. The Morgan fingerprint density at radius 1 is 1.31 bits per heavy atom. The third-order valence-electron chi connectivity index (χ3n) is 5.37. The molecule has 0 spiro atoms. The molecule has 1 saturated carbocycles. The van der Waals surface area contributed by atoms with Crippen molar-refractivity contribution >= 4 is 10.9 Å². The van der Waals surface area contributed by atoms with Gasteiger partial charge in [0.25, 0.3) is 5.88 Å². The number of aliphatic hydroxyl groups is 1. The molecule has 2 aromatic heterocycles. The molecule has 0 radical (unpaired) electrons. The zero-order chi connectivity index (χ0) is 18.3. The minimum atomic E-state index is -0.272. The van der Waals surface area contributed by atoms with Crippen LogP contribution in [0.2, 0.25) is 0 Å². The van der Waals surface area contributed by atoms with Gasteiger partial charge in [0.05, 0.1) is 12.8 Å². The van der Waals surface area contributed by atoms with E-state index in [0.29, 0.717) is 11.8 Å². The van der Waals surface area contributed by atoms with Crippen molar-refractivity contribution in [3.8, 4) is 5.88 Å². The van der Waals surface area contributed by atoms with Gasteiger partial charge in [-0.25, -0.2) is 4.39 Å². The summed E-state index contributed by atoms with van der Waals surface area (Å²) in [4.78, 5) is 0. The molecule has 0 aliphatic heterocycles. The first-order chi connectivity index (χ1) is 12.6. The van der Waals surface area contributed by atoms with Crippen molar-refractivity contribution in [2.45, 2.75) is 40.0 Å². The molecule has 1 aliphatic carbocycles. The van der Waals surface area contributed by atoms with Crippen LogP contribution in [0.3, 0.4) is 0 Å². The average Bonchev–Trinajstić information content (AvgIpc) is 3.27. The van der Waals surface area contributed by atoms with Crippen LogP contribution in [0.4, 0.5) is 4.39 Å². The molecule has 5 nitrogen and oxygen atoms in total. The van der Waals surface area contributed by atoms with Crippen LogP contribution in [-0.2, 0) is 19.8 Å². The average molecular weight is 355 g/mol. The van der Waals surface area contributed by atoms with Crippen LogP contribution in [0.5, 0.6) is 5.88 Å². The fraction of sp³-hybridized carbons (Fsp3) is 0.400.